The number of carboxylic acids is 6. The molecule has 3 amide bonds. The van der Waals surface area contributed by atoms with Crippen molar-refractivity contribution in [1.29, 1.82) is 0 Å². The summed E-state index contributed by atoms with van der Waals surface area (Å²) >= 11 is 0. The van der Waals surface area contributed by atoms with Gasteiger partial charge in [0, 0.05) is 31.4 Å². The first kappa shape index (κ1) is 42.1. The molecule has 9 N–H and O–H groups in total. The number of nitrogens with one attached hydrogen (secondary N) is 3. The van der Waals surface area contributed by atoms with Crippen molar-refractivity contribution < 1.29 is 69.0 Å². The number of unbranched alkanes of at least 4 members (excludes halogenated alkanes) is 1. The van der Waals surface area contributed by atoms with Gasteiger partial charge in [-0.15, -0.1) is 0 Å². The van der Waals surface area contributed by atoms with Crippen molar-refractivity contribution in [1.82, 2.24) is 40.0 Å². The third kappa shape index (κ3) is 15.2. The van der Waals surface area contributed by atoms with E-state index in [4.69, 9.17) is 5.11 Å². The van der Waals surface area contributed by atoms with Crippen LogP contribution in [0.5, 0.6) is 0 Å². The maximum Gasteiger partial charge on any atom is 0.326 e. The minimum Gasteiger partial charge on any atom is -0.481 e. The number of hydrogen-bond acceptors (Lipinski definition) is 11. The molecule has 0 spiro atoms. The second-order valence-corrected chi connectivity index (χ2v) is 11.7. The molecule has 0 fully saturated rings. The highest BCUT2D eigenvalue weighted by Gasteiger charge is 2.27. The molecule has 0 saturated carbocycles. The van der Waals surface area contributed by atoms with Crippen LogP contribution < -0.4 is 16.0 Å². The fourth-order valence-electron chi connectivity index (χ4n) is 5.02. The van der Waals surface area contributed by atoms with Gasteiger partial charge in [0.2, 0.25) is 5.91 Å². The summed E-state index contributed by atoms with van der Waals surface area (Å²) < 4.78 is 2.91. The van der Waals surface area contributed by atoms with Gasteiger partial charge in [0.1, 0.15) is 42.9 Å². The number of carbonyl (C=O) groups is 8. The van der Waals surface area contributed by atoms with Gasteiger partial charge >= 0.3 is 41.8 Å². The van der Waals surface area contributed by atoms with Crippen LogP contribution in [0.3, 0.4) is 0 Å². The number of amides is 3. The third-order valence-electron chi connectivity index (χ3n) is 7.49. The van der Waals surface area contributed by atoms with E-state index in [1.807, 2.05) is 15.5 Å². The van der Waals surface area contributed by atoms with Crippen molar-refractivity contribution in [3.8, 4) is 0 Å². The molecule has 3 atom stereocenters. The Kier molecular flexibility index (Phi) is 16.7. The van der Waals surface area contributed by atoms with Gasteiger partial charge in [0.05, 0.1) is 18.8 Å². The molecule has 22 heteroatoms. The Balaban J connectivity index is 1.99. The molecular formula is C30H42N8O14. The van der Waals surface area contributed by atoms with Gasteiger partial charge in [-0.25, -0.2) is 29.1 Å². The third-order valence-corrected chi connectivity index (χ3v) is 7.49. The summed E-state index contributed by atoms with van der Waals surface area (Å²) in [7, 11) is 0. The first-order valence-corrected chi connectivity index (χ1v) is 15.9. The molecule has 2 rings (SSSR count). The number of aromatic nitrogens is 4. The summed E-state index contributed by atoms with van der Waals surface area (Å²) in [4.78, 5) is 104. The van der Waals surface area contributed by atoms with Crippen LogP contribution in [-0.2, 0) is 59.7 Å². The van der Waals surface area contributed by atoms with Crippen LogP contribution >= 0.6 is 0 Å². The van der Waals surface area contributed by atoms with Crippen LogP contribution in [0.1, 0.15) is 62.3 Å². The number of nitrogens with zero attached hydrogens (tertiary/aromatic N) is 5. The highest BCUT2D eigenvalue weighted by Crippen LogP contribution is 2.13. The summed E-state index contributed by atoms with van der Waals surface area (Å²) in [5.41, 5.74) is 0.581. The normalized spacial score (nSPS) is 12.7. The largest absolute Gasteiger partial charge is 0.481 e. The van der Waals surface area contributed by atoms with Crippen molar-refractivity contribution in [3.05, 3.63) is 35.9 Å². The molecule has 0 unspecified atom stereocenters. The smallest absolute Gasteiger partial charge is 0.326 e. The summed E-state index contributed by atoms with van der Waals surface area (Å²) in [6, 6.07) is -5.89. The predicted molar refractivity (Wildman–Crippen MR) is 173 cm³/mol. The van der Waals surface area contributed by atoms with Crippen LogP contribution in [0.15, 0.2) is 18.6 Å². The molecule has 286 valence electrons. The number of aryl methyl sites for hydroxylation is 1. The van der Waals surface area contributed by atoms with Crippen molar-refractivity contribution in [3.63, 3.8) is 0 Å². The Morgan fingerprint density at radius 1 is 0.692 bits per heavy atom. The van der Waals surface area contributed by atoms with E-state index >= 15 is 0 Å². The number of carbonyl (C=O) groups excluding carboxylic acids is 2. The molecule has 2 aromatic rings. The van der Waals surface area contributed by atoms with Crippen LogP contribution in [-0.4, -0.2) is 127 Å². The number of hydrogen-bond donors (Lipinski definition) is 9. The van der Waals surface area contributed by atoms with Crippen LogP contribution in [0.4, 0.5) is 4.79 Å². The van der Waals surface area contributed by atoms with E-state index in [9.17, 15) is 63.9 Å². The highest BCUT2D eigenvalue weighted by atomic mass is 16.4. The number of rotatable bonds is 25. The van der Waals surface area contributed by atoms with E-state index in [1.165, 1.54) is 21.5 Å². The average Bonchev–Trinajstić information content (AvgIpc) is 3.61. The van der Waals surface area contributed by atoms with Crippen molar-refractivity contribution in [2.75, 3.05) is 6.54 Å². The molecule has 0 radical (unpaired) electrons. The molecular weight excluding hydrogens is 696 g/mol. The average molecular weight is 739 g/mol. The van der Waals surface area contributed by atoms with Crippen LogP contribution in [0.25, 0.3) is 0 Å². The van der Waals surface area contributed by atoms with Gasteiger partial charge in [-0.2, -0.15) is 0 Å². The molecule has 2 aromatic heterocycles. The Labute approximate surface area is 295 Å². The second kappa shape index (κ2) is 20.6. The maximum absolute atomic E-state index is 12.6. The second-order valence-electron chi connectivity index (χ2n) is 11.7. The summed E-state index contributed by atoms with van der Waals surface area (Å²) in [6.07, 6.45) is 3.07. The van der Waals surface area contributed by atoms with Gasteiger partial charge in [-0.3, -0.25) is 24.1 Å². The molecule has 52 heavy (non-hydrogen) atoms. The summed E-state index contributed by atoms with van der Waals surface area (Å²) in [5, 5.41) is 61.9. The van der Waals surface area contributed by atoms with Crippen molar-refractivity contribution >= 4 is 47.8 Å². The molecule has 0 aromatic carbocycles. The first-order valence-electron chi connectivity index (χ1n) is 15.9. The lowest BCUT2D eigenvalue weighted by Gasteiger charge is -2.23. The lowest BCUT2D eigenvalue weighted by molar-refractivity contribution is -0.142. The molecule has 2 heterocycles. The van der Waals surface area contributed by atoms with Gasteiger partial charge in [0.25, 0.3) is 0 Å². The SMILES string of the molecule is Cc1cn(CC(=O)O)c(CN(CCCC[C@H](NC(=O)CC[C@H](NC(=O)N[C@@H](CCC(=O)O)C(=O)O)C(=O)O)C(=O)O)Cc2nccn2CC(=O)O)n1. The van der Waals surface area contributed by atoms with E-state index in [2.05, 4.69) is 15.3 Å². The number of carboxylic acid groups (broad SMARTS) is 6. The minimum atomic E-state index is -1.67. The minimum absolute atomic E-state index is 0.0365. The Bertz CT molecular complexity index is 1610. The number of urea groups is 1. The van der Waals surface area contributed by atoms with E-state index in [1.54, 1.807) is 13.1 Å². The highest BCUT2D eigenvalue weighted by molar-refractivity contribution is 5.87. The topological polar surface area (TPSA) is 333 Å². The maximum atomic E-state index is 12.6. The van der Waals surface area contributed by atoms with E-state index in [0.717, 1.165) is 0 Å². The molecule has 22 nitrogen and oxygen atoms in total. The molecule has 0 aliphatic heterocycles. The zero-order chi connectivity index (χ0) is 39.0. The molecule has 0 aliphatic carbocycles. The zero-order valence-electron chi connectivity index (χ0n) is 28.1. The first-order chi connectivity index (χ1) is 24.4. The van der Waals surface area contributed by atoms with E-state index < -0.39 is 91.6 Å². The van der Waals surface area contributed by atoms with Gasteiger partial charge in [0.15, 0.2) is 0 Å². The number of aliphatic carboxylic acids is 6. The zero-order valence-corrected chi connectivity index (χ0v) is 28.1. The standard InChI is InChI=1S/C30H42N8O14/c1-17-12-38(16-26(44)45)22(32-17)14-36(13-21-31-9-11-37(21)15-25(42)43)10-3-2-4-18(27(46)47)33-23(39)7-5-19(28(48)49)34-30(52)35-20(29(50)51)6-8-24(40)41/h9,11-12,18-20H,2-8,10,13-16H2,1H3,(H,33,39)(H,40,41)(H,42,43)(H,44,45)(H,46,47)(H,48,49)(H,50,51)(H2,34,35,52)/t18-,19-,20-/m0/s1. The quantitative estimate of drug-likeness (QED) is 0.0560. The Morgan fingerprint density at radius 2 is 1.23 bits per heavy atom. The molecule has 0 aliphatic rings. The molecule has 0 saturated heterocycles. The van der Waals surface area contributed by atoms with Crippen molar-refractivity contribution in [2.45, 2.75) is 96.2 Å². The van der Waals surface area contributed by atoms with Gasteiger partial charge < -0.3 is 55.7 Å². The fourth-order valence-corrected chi connectivity index (χ4v) is 5.02. The number of imidazole rings is 2. The lowest BCUT2D eigenvalue weighted by Crippen LogP contribution is -2.51. The Hall–Kier alpha value is -6.06. The Morgan fingerprint density at radius 3 is 1.79 bits per heavy atom. The lowest BCUT2D eigenvalue weighted by atomic mass is 10.1. The summed E-state index contributed by atoms with van der Waals surface area (Å²) in [6.45, 7) is 1.63. The molecule has 0 bridgehead atoms. The summed E-state index contributed by atoms with van der Waals surface area (Å²) in [5.74, 6) is -7.93. The van der Waals surface area contributed by atoms with Crippen LogP contribution in [0, 0.1) is 6.92 Å². The van der Waals surface area contributed by atoms with E-state index in [-0.39, 0.29) is 39.0 Å². The van der Waals surface area contributed by atoms with E-state index in [0.29, 0.717) is 30.3 Å². The monoisotopic (exact) mass is 738 g/mol. The predicted octanol–water partition coefficient (Wildman–Crippen LogP) is -0.850. The van der Waals surface area contributed by atoms with Gasteiger partial charge in [-0.05, 0) is 45.6 Å². The fraction of sp³-hybridized carbons (Fsp3) is 0.533. The van der Waals surface area contributed by atoms with Gasteiger partial charge in [-0.1, -0.05) is 0 Å². The van der Waals surface area contributed by atoms with Crippen LogP contribution in [0.2, 0.25) is 0 Å². The van der Waals surface area contributed by atoms with Crippen molar-refractivity contribution in [2.24, 2.45) is 0 Å².